The molecule has 0 amide bonds. The molecule has 1 fully saturated rings. The number of rotatable bonds is 6. The molecule has 28 heavy (non-hydrogen) atoms. The van der Waals surface area contributed by atoms with Crippen molar-refractivity contribution >= 4 is 43.8 Å². The molecule has 13 heteroatoms. The molecule has 0 bridgehead atoms. The zero-order chi connectivity index (χ0) is 20.7. The fourth-order valence-corrected chi connectivity index (χ4v) is 5.11. The molecular formula is C15H17ClFN3O6S2. The van der Waals surface area contributed by atoms with Crippen LogP contribution in [-0.4, -0.2) is 58.4 Å². The number of nitrogens with zero attached hydrogens (tertiary/aromatic N) is 1. The topological polar surface area (TPSA) is 152 Å². The molecule has 0 saturated heterocycles. The molecule has 1 heterocycles. The zero-order valence-electron chi connectivity index (χ0n) is 14.1. The molecule has 1 saturated carbocycles. The van der Waals surface area contributed by atoms with Gasteiger partial charge in [-0.3, -0.25) is 4.72 Å². The number of aromatic nitrogens is 1. The number of anilines is 2. The van der Waals surface area contributed by atoms with Gasteiger partial charge in [-0.05, 0) is 12.1 Å². The molecule has 0 aliphatic heterocycles. The first-order chi connectivity index (χ1) is 13.0. The monoisotopic (exact) mass is 453 g/mol. The van der Waals surface area contributed by atoms with Crippen LogP contribution in [0.1, 0.15) is 6.42 Å². The van der Waals surface area contributed by atoms with Gasteiger partial charge in [0.15, 0.2) is 10.9 Å². The Morgan fingerprint density at radius 2 is 2.07 bits per heavy atom. The second-order valence-corrected chi connectivity index (χ2v) is 9.29. The van der Waals surface area contributed by atoms with E-state index >= 15 is 0 Å². The van der Waals surface area contributed by atoms with Crippen LogP contribution >= 0.6 is 22.9 Å². The van der Waals surface area contributed by atoms with Crippen LogP contribution in [-0.2, 0) is 10.0 Å². The Hall–Kier alpha value is -1.54. The van der Waals surface area contributed by atoms with Crippen LogP contribution < -0.4 is 10.0 Å². The summed E-state index contributed by atoms with van der Waals surface area (Å²) in [6, 6.07) is 1.74. The largest absolute Gasteiger partial charge is 0.390 e. The predicted molar refractivity (Wildman–Crippen MR) is 100 cm³/mol. The van der Waals surface area contributed by atoms with Crippen molar-refractivity contribution < 1.29 is 33.2 Å². The number of aliphatic hydroxyl groups is 4. The third-order valence-electron chi connectivity index (χ3n) is 4.39. The second kappa shape index (κ2) is 7.71. The van der Waals surface area contributed by atoms with E-state index in [-0.39, 0.29) is 22.4 Å². The summed E-state index contributed by atoms with van der Waals surface area (Å²) in [4.78, 5) is 3.08. The SMILES string of the molecule is O=S(=O)(Nc1nccs1)c1cc(Cl)c(NCC2C(O)C(O)CC2(O)O)cc1F. The van der Waals surface area contributed by atoms with E-state index in [1.807, 2.05) is 0 Å². The molecule has 154 valence electrons. The van der Waals surface area contributed by atoms with E-state index in [1.54, 1.807) is 5.38 Å². The van der Waals surface area contributed by atoms with Crippen molar-refractivity contribution in [1.82, 2.24) is 4.98 Å². The van der Waals surface area contributed by atoms with Crippen molar-refractivity contribution in [2.24, 2.45) is 5.92 Å². The van der Waals surface area contributed by atoms with Crippen LogP contribution in [0.4, 0.5) is 15.2 Å². The van der Waals surface area contributed by atoms with Crippen molar-refractivity contribution in [3.8, 4) is 0 Å². The van der Waals surface area contributed by atoms with Gasteiger partial charge in [-0.1, -0.05) is 11.6 Å². The maximum absolute atomic E-state index is 14.4. The third-order valence-corrected chi connectivity index (χ3v) is 6.87. The number of aliphatic hydroxyl groups excluding tert-OH is 2. The molecule has 3 atom stereocenters. The molecule has 1 aromatic carbocycles. The number of thiazole rings is 1. The van der Waals surface area contributed by atoms with Crippen LogP contribution in [0.2, 0.25) is 5.02 Å². The van der Waals surface area contributed by atoms with E-state index in [0.717, 1.165) is 23.5 Å². The summed E-state index contributed by atoms with van der Waals surface area (Å²) in [5, 5.41) is 43.3. The Balaban J connectivity index is 1.79. The average molecular weight is 454 g/mol. The number of sulfonamides is 1. The molecule has 6 N–H and O–H groups in total. The van der Waals surface area contributed by atoms with Crippen molar-refractivity contribution in [3.05, 3.63) is 34.5 Å². The third kappa shape index (κ3) is 4.22. The lowest BCUT2D eigenvalue weighted by Crippen LogP contribution is -2.41. The van der Waals surface area contributed by atoms with Gasteiger partial charge in [0.25, 0.3) is 10.0 Å². The van der Waals surface area contributed by atoms with Crippen LogP contribution in [0, 0.1) is 11.7 Å². The lowest BCUT2D eigenvalue weighted by atomic mass is 10.0. The van der Waals surface area contributed by atoms with Gasteiger partial charge in [0.2, 0.25) is 0 Å². The van der Waals surface area contributed by atoms with Crippen molar-refractivity contribution in [1.29, 1.82) is 0 Å². The van der Waals surface area contributed by atoms with E-state index in [2.05, 4.69) is 15.0 Å². The Labute approximate surface area is 168 Å². The van der Waals surface area contributed by atoms with Gasteiger partial charge in [-0.25, -0.2) is 17.8 Å². The highest BCUT2D eigenvalue weighted by Crippen LogP contribution is 2.36. The van der Waals surface area contributed by atoms with Gasteiger partial charge < -0.3 is 25.7 Å². The average Bonchev–Trinajstić information content (AvgIpc) is 3.14. The van der Waals surface area contributed by atoms with Gasteiger partial charge in [-0.2, -0.15) is 0 Å². The lowest BCUT2D eigenvalue weighted by molar-refractivity contribution is -0.191. The molecule has 2 aromatic rings. The van der Waals surface area contributed by atoms with Crippen LogP contribution in [0.15, 0.2) is 28.6 Å². The highest BCUT2D eigenvalue weighted by molar-refractivity contribution is 7.93. The summed E-state index contributed by atoms with van der Waals surface area (Å²) in [5.74, 6) is -4.59. The maximum atomic E-state index is 14.4. The van der Waals surface area contributed by atoms with Crippen LogP contribution in [0.5, 0.6) is 0 Å². The number of hydrogen-bond acceptors (Lipinski definition) is 9. The minimum Gasteiger partial charge on any atom is -0.390 e. The number of halogens is 2. The number of nitrogens with one attached hydrogen (secondary N) is 2. The second-order valence-electron chi connectivity index (χ2n) is 6.33. The molecule has 0 radical (unpaired) electrons. The fraction of sp³-hybridized carbons (Fsp3) is 0.400. The van der Waals surface area contributed by atoms with E-state index < -0.39 is 51.1 Å². The quantitative estimate of drug-likeness (QED) is 0.347. The number of hydrogen-bond donors (Lipinski definition) is 6. The molecule has 3 unspecified atom stereocenters. The van der Waals surface area contributed by atoms with Crippen molar-refractivity contribution in [2.75, 3.05) is 16.6 Å². The van der Waals surface area contributed by atoms with Gasteiger partial charge in [-0.15, -0.1) is 11.3 Å². The van der Waals surface area contributed by atoms with Crippen molar-refractivity contribution in [3.63, 3.8) is 0 Å². The normalized spacial score (nSPS) is 24.3. The summed E-state index contributed by atoms with van der Waals surface area (Å²) in [7, 11) is -4.26. The first kappa shape index (κ1) is 21.2. The smallest absolute Gasteiger partial charge is 0.266 e. The lowest BCUT2D eigenvalue weighted by Gasteiger charge is -2.26. The molecule has 1 aromatic heterocycles. The standard InChI is InChI=1S/C15H17ClFN3O6S2/c16-8-3-12(28(25,26)20-14-18-1-2-27-14)9(17)4-10(8)19-6-7-13(22)11(21)5-15(7,23)24/h1-4,7,11,13,19,21-24H,5-6H2,(H,18,20). The fourth-order valence-electron chi connectivity index (χ4n) is 2.94. The maximum Gasteiger partial charge on any atom is 0.266 e. The summed E-state index contributed by atoms with van der Waals surface area (Å²) in [6.45, 7) is -0.256. The molecule has 1 aliphatic carbocycles. The molecule has 0 spiro atoms. The van der Waals surface area contributed by atoms with E-state index in [4.69, 9.17) is 11.6 Å². The highest BCUT2D eigenvalue weighted by Gasteiger charge is 2.50. The number of benzene rings is 1. The molecular weight excluding hydrogens is 437 g/mol. The summed E-state index contributed by atoms with van der Waals surface area (Å²) >= 11 is 7.06. The van der Waals surface area contributed by atoms with Gasteiger partial charge in [0, 0.05) is 24.5 Å². The van der Waals surface area contributed by atoms with E-state index in [9.17, 15) is 33.2 Å². The first-order valence-corrected chi connectivity index (χ1v) is 10.7. The Morgan fingerprint density at radius 1 is 1.36 bits per heavy atom. The van der Waals surface area contributed by atoms with Crippen molar-refractivity contribution in [2.45, 2.75) is 29.3 Å². The van der Waals surface area contributed by atoms with Crippen LogP contribution in [0.25, 0.3) is 0 Å². The highest BCUT2D eigenvalue weighted by atomic mass is 35.5. The summed E-state index contributed by atoms with van der Waals surface area (Å²) < 4.78 is 41.2. The Morgan fingerprint density at radius 3 is 2.64 bits per heavy atom. The molecule has 9 nitrogen and oxygen atoms in total. The minimum atomic E-state index is -4.26. The Kier molecular flexibility index (Phi) is 5.83. The van der Waals surface area contributed by atoms with Crippen LogP contribution in [0.3, 0.4) is 0 Å². The summed E-state index contributed by atoms with van der Waals surface area (Å²) in [5.41, 5.74) is -0.0169. The minimum absolute atomic E-state index is 0.0169. The first-order valence-electron chi connectivity index (χ1n) is 7.97. The molecule has 3 rings (SSSR count). The zero-order valence-corrected chi connectivity index (χ0v) is 16.5. The van der Waals surface area contributed by atoms with Gasteiger partial charge in [0.1, 0.15) is 10.7 Å². The van der Waals surface area contributed by atoms with Gasteiger partial charge >= 0.3 is 0 Å². The summed E-state index contributed by atoms with van der Waals surface area (Å²) in [6.07, 6.45) is -1.79. The Bertz CT molecular complexity index is 957. The predicted octanol–water partition coefficient (Wildman–Crippen LogP) is 0.571. The van der Waals surface area contributed by atoms with E-state index in [0.29, 0.717) is 0 Å². The van der Waals surface area contributed by atoms with Gasteiger partial charge in [0.05, 0.1) is 28.8 Å². The van der Waals surface area contributed by atoms with E-state index in [1.165, 1.54) is 6.20 Å². The molecule has 1 aliphatic rings.